The number of nitriles is 1. The second-order valence-corrected chi connectivity index (χ2v) is 2.67. The highest BCUT2D eigenvalue weighted by Crippen LogP contribution is 2.06. The molecule has 4 nitrogen and oxygen atoms in total. The molecule has 0 amide bonds. The molecule has 0 unspecified atom stereocenters. The van der Waals surface area contributed by atoms with Crippen molar-refractivity contribution in [3.8, 4) is 11.9 Å². The summed E-state index contributed by atoms with van der Waals surface area (Å²) in [6.07, 6.45) is 0.814. The van der Waals surface area contributed by atoms with Crippen molar-refractivity contribution >= 4 is 0 Å². The van der Waals surface area contributed by atoms with Gasteiger partial charge in [0.2, 0.25) is 5.88 Å². The van der Waals surface area contributed by atoms with Gasteiger partial charge in [0.1, 0.15) is 11.8 Å². The van der Waals surface area contributed by atoms with Crippen LogP contribution in [-0.4, -0.2) is 25.3 Å². The zero-order chi connectivity index (χ0) is 10.2. The zero-order valence-corrected chi connectivity index (χ0v) is 8.06. The lowest BCUT2D eigenvalue weighted by Crippen LogP contribution is -2.02. The van der Waals surface area contributed by atoms with Crippen molar-refractivity contribution in [1.29, 1.82) is 5.26 Å². The third-order valence-electron chi connectivity index (χ3n) is 1.58. The topological polar surface area (TPSA) is 55.1 Å². The van der Waals surface area contributed by atoms with Gasteiger partial charge >= 0.3 is 0 Å². The number of ether oxygens (including phenoxy) is 2. The van der Waals surface area contributed by atoms with E-state index in [0.717, 1.165) is 6.42 Å². The van der Waals surface area contributed by atoms with Crippen LogP contribution in [0.2, 0.25) is 0 Å². The van der Waals surface area contributed by atoms with E-state index in [1.165, 1.54) is 0 Å². The highest BCUT2D eigenvalue weighted by molar-refractivity contribution is 5.24. The van der Waals surface area contributed by atoms with Crippen molar-refractivity contribution in [2.75, 3.05) is 20.3 Å². The summed E-state index contributed by atoms with van der Waals surface area (Å²) in [5.41, 5.74) is 0.370. The first-order chi connectivity index (χ1) is 6.86. The maximum absolute atomic E-state index is 8.58. The van der Waals surface area contributed by atoms with Crippen LogP contribution < -0.4 is 4.74 Å². The van der Waals surface area contributed by atoms with Crippen LogP contribution in [0, 0.1) is 11.3 Å². The smallest absolute Gasteiger partial charge is 0.214 e. The van der Waals surface area contributed by atoms with Crippen LogP contribution in [0.15, 0.2) is 18.2 Å². The summed E-state index contributed by atoms with van der Waals surface area (Å²) in [6.45, 7) is 1.22. The Bertz CT molecular complexity index is 320. The van der Waals surface area contributed by atoms with E-state index < -0.39 is 0 Å². The first kappa shape index (κ1) is 10.5. The minimum Gasteiger partial charge on any atom is -0.478 e. The number of rotatable bonds is 5. The minimum absolute atomic E-state index is 0.370. The summed E-state index contributed by atoms with van der Waals surface area (Å²) in [5.74, 6) is 0.486. The molecule has 0 radical (unpaired) electrons. The van der Waals surface area contributed by atoms with Crippen molar-refractivity contribution in [3.63, 3.8) is 0 Å². The summed E-state index contributed by atoms with van der Waals surface area (Å²) in [7, 11) is 1.65. The zero-order valence-electron chi connectivity index (χ0n) is 8.06. The molecule has 0 aliphatic rings. The lowest BCUT2D eigenvalue weighted by molar-refractivity contribution is 0.170. The molecule has 0 aromatic carbocycles. The molecule has 1 aromatic rings. The summed E-state index contributed by atoms with van der Waals surface area (Å²) in [5, 5.41) is 8.58. The van der Waals surface area contributed by atoms with Crippen molar-refractivity contribution in [2.45, 2.75) is 6.42 Å². The van der Waals surface area contributed by atoms with Gasteiger partial charge in [-0.25, -0.2) is 4.98 Å². The molecule has 0 N–H and O–H groups in total. The first-order valence-electron chi connectivity index (χ1n) is 4.35. The van der Waals surface area contributed by atoms with Crippen molar-refractivity contribution in [1.82, 2.24) is 4.98 Å². The van der Waals surface area contributed by atoms with Gasteiger partial charge in [0.25, 0.3) is 0 Å². The molecular weight excluding hydrogens is 180 g/mol. The van der Waals surface area contributed by atoms with Crippen LogP contribution in [0.3, 0.4) is 0 Å². The van der Waals surface area contributed by atoms with Gasteiger partial charge in [0.05, 0.1) is 6.61 Å². The number of aromatic nitrogens is 1. The number of hydrogen-bond acceptors (Lipinski definition) is 4. The largest absolute Gasteiger partial charge is 0.478 e. The molecule has 0 saturated heterocycles. The van der Waals surface area contributed by atoms with Crippen LogP contribution in [0.1, 0.15) is 12.1 Å². The fourth-order valence-electron chi connectivity index (χ4n) is 0.937. The molecule has 1 heterocycles. The SMILES string of the molecule is COCCCOc1cccc(C#N)n1. The average molecular weight is 192 g/mol. The third kappa shape index (κ3) is 3.42. The van der Waals surface area contributed by atoms with Gasteiger partial charge < -0.3 is 9.47 Å². The molecular formula is C10H12N2O2. The van der Waals surface area contributed by atoms with Gasteiger partial charge in [-0.05, 0) is 6.07 Å². The molecule has 1 aromatic heterocycles. The maximum Gasteiger partial charge on any atom is 0.214 e. The Kier molecular flexibility index (Phi) is 4.45. The summed E-state index contributed by atoms with van der Waals surface area (Å²) < 4.78 is 10.2. The molecule has 14 heavy (non-hydrogen) atoms. The highest BCUT2D eigenvalue weighted by atomic mass is 16.5. The lowest BCUT2D eigenvalue weighted by Gasteiger charge is -2.03. The lowest BCUT2D eigenvalue weighted by atomic mass is 10.4. The van der Waals surface area contributed by atoms with E-state index >= 15 is 0 Å². The van der Waals surface area contributed by atoms with E-state index in [1.807, 2.05) is 6.07 Å². The molecule has 0 aliphatic carbocycles. The number of methoxy groups -OCH3 is 1. The number of pyridine rings is 1. The summed E-state index contributed by atoms with van der Waals surface area (Å²) in [4.78, 5) is 3.96. The Labute approximate surface area is 83.1 Å². The second-order valence-electron chi connectivity index (χ2n) is 2.67. The quantitative estimate of drug-likeness (QED) is 0.661. The molecule has 74 valence electrons. The van der Waals surface area contributed by atoms with Gasteiger partial charge in [0, 0.05) is 26.2 Å². The molecule has 4 heteroatoms. The third-order valence-corrected chi connectivity index (χ3v) is 1.58. The molecule has 0 atom stereocenters. The summed E-state index contributed by atoms with van der Waals surface area (Å²) >= 11 is 0. The molecule has 0 saturated carbocycles. The summed E-state index contributed by atoms with van der Waals surface area (Å²) in [6, 6.07) is 7.07. The van der Waals surface area contributed by atoms with Crippen LogP contribution in [0.25, 0.3) is 0 Å². The van der Waals surface area contributed by atoms with Gasteiger partial charge in [-0.1, -0.05) is 6.07 Å². The van der Waals surface area contributed by atoms with E-state index in [0.29, 0.717) is 24.8 Å². The van der Waals surface area contributed by atoms with E-state index in [4.69, 9.17) is 14.7 Å². The fourth-order valence-corrected chi connectivity index (χ4v) is 0.937. The second kappa shape index (κ2) is 5.95. The Morgan fingerprint density at radius 3 is 3.00 bits per heavy atom. The van der Waals surface area contributed by atoms with Gasteiger partial charge in [0.15, 0.2) is 0 Å². The fraction of sp³-hybridized carbons (Fsp3) is 0.400. The van der Waals surface area contributed by atoms with E-state index in [1.54, 1.807) is 25.3 Å². The Morgan fingerprint density at radius 1 is 1.43 bits per heavy atom. The normalized spacial score (nSPS) is 9.43. The van der Waals surface area contributed by atoms with Crippen LogP contribution in [0.5, 0.6) is 5.88 Å². The molecule has 0 fully saturated rings. The van der Waals surface area contributed by atoms with E-state index in [9.17, 15) is 0 Å². The van der Waals surface area contributed by atoms with Crippen LogP contribution in [0.4, 0.5) is 0 Å². The van der Waals surface area contributed by atoms with Crippen molar-refractivity contribution < 1.29 is 9.47 Å². The van der Waals surface area contributed by atoms with Gasteiger partial charge in [-0.3, -0.25) is 0 Å². The molecule has 0 spiro atoms. The number of hydrogen-bond donors (Lipinski definition) is 0. The predicted molar refractivity (Wildman–Crippen MR) is 50.9 cm³/mol. The van der Waals surface area contributed by atoms with Gasteiger partial charge in [-0.2, -0.15) is 5.26 Å². The van der Waals surface area contributed by atoms with E-state index in [-0.39, 0.29) is 0 Å². The predicted octanol–water partition coefficient (Wildman–Crippen LogP) is 1.37. The number of nitrogens with zero attached hydrogens (tertiary/aromatic N) is 2. The van der Waals surface area contributed by atoms with Crippen molar-refractivity contribution in [3.05, 3.63) is 23.9 Å². The molecule has 0 bridgehead atoms. The Balaban J connectivity index is 2.39. The monoisotopic (exact) mass is 192 g/mol. The highest BCUT2D eigenvalue weighted by Gasteiger charge is 1.96. The molecule has 0 aliphatic heterocycles. The van der Waals surface area contributed by atoms with Crippen molar-refractivity contribution in [2.24, 2.45) is 0 Å². The maximum atomic E-state index is 8.58. The van der Waals surface area contributed by atoms with Gasteiger partial charge in [-0.15, -0.1) is 0 Å². The standard InChI is InChI=1S/C10H12N2O2/c1-13-6-3-7-14-10-5-2-4-9(8-11)12-10/h2,4-5H,3,6-7H2,1H3. The Hall–Kier alpha value is -1.60. The van der Waals surface area contributed by atoms with E-state index in [2.05, 4.69) is 4.98 Å². The Morgan fingerprint density at radius 2 is 2.29 bits per heavy atom. The molecule has 1 rings (SSSR count). The van der Waals surface area contributed by atoms with Crippen LogP contribution in [-0.2, 0) is 4.74 Å². The minimum atomic E-state index is 0.370. The first-order valence-corrected chi connectivity index (χ1v) is 4.35. The van der Waals surface area contributed by atoms with Crippen LogP contribution >= 0.6 is 0 Å². The average Bonchev–Trinajstić information content (AvgIpc) is 2.25.